The predicted molar refractivity (Wildman–Crippen MR) is 172 cm³/mol. The van der Waals surface area contributed by atoms with E-state index < -0.39 is 0 Å². The van der Waals surface area contributed by atoms with E-state index in [4.69, 9.17) is 23.7 Å². The molecule has 0 saturated heterocycles. The van der Waals surface area contributed by atoms with Gasteiger partial charge < -0.3 is 33.2 Å². The SMILES string of the molecule is CCCCC.CCCCC(=O)OC.CCCCOC.CCCCOC(C)=O.COCC(C)OC.COCCCOC. The molecule has 0 aromatic heterocycles. The van der Waals surface area contributed by atoms with E-state index in [1.807, 2.05) is 13.8 Å². The molecule has 0 rings (SSSR count). The summed E-state index contributed by atoms with van der Waals surface area (Å²) < 4.78 is 33.0. The Morgan fingerprint density at radius 3 is 1.22 bits per heavy atom. The number of rotatable bonds is 18. The summed E-state index contributed by atoms with van der Waals surface area (Å²) in [6.45, 7) is 17.8. The molecule has 1 unspecified atom stereocenters. The minimum absolute atomic E-state index is 0.105. The van der Waals surface area contributed by atoms with Gasteiger partial charge in [-0.05, 0) is 32.6 Å². The van der Waals surface area contributed by atoms with Crippen molar-refractivity contribution in [2.45, 2.75) is 125 Å². The van der Waals surface area contributed by atoms with Gasteiger partial charge in [-0.25, -0.2) is 0 Å². The second kappa shape index (κ2) is 58.4. The van der Waals surface area contributed by atoms with Crippen LogP contribution in [0.25, 0.3) is 0 Å². The van der Waals surface area contributed by atoms with Crippen molar-refractivity contribution >= 4 is 11.9 Å². The molecule has 0 heterocycles. The van der Waals surface area contributed by atoms with Crippen molar-refractivity contribution < 1.29 is 42.7 Å². The largest absolute Gasteiger partial charge is 0.469 e. The van der Waals surface area contributed by atoms with Crippen LogP contribution in [-0.2, 0) is 42.7 Å². The summed E-state index contributed by atoms with van der Waals surface area (Å²) in [6.07, 6.45) is 12.3. The molecular weight excluding hydrogens is 528 g/mol. The summed E-state index contributed by atoms with van der Waals surface area (Å²) in [7, 11) is 9.86. The zero-order valence-electron chi connectivity index (χ0n) is 29.6. The molecule has 0 bridgehead atoms. The number of hydrogen-bond donors (Lipinski definition) is 0. The highest BCUT2D eigenvalue weighted by Gasteiger charge is 1.95. The molecule has 0 aliphatic carbocycles. The van der Waals surface area contributed by atoms with Crippen LogP contribution in [-0.4, -0.2) is 93.7 Å². The molecule has 254 valence electrons. The van der Waals surface area contributed by atoms with Gasteiger partial charge in [-0.1, -0.05) is 73.1 Å². The number of esters is 2. The lowest BCUT2D eigenvalue weighted by Crippen LogP contribution is -2.11. The highest BCUT2D eigenvalue weighted by Crippen LogP contribution is 1.94. The lowest BCUT2D eigenvalue weighted by molar-refractivity contribution is -0.141. The molecule has 0 aliphatic heterocycles. The van der Waals surface area contributed by atoms with Gasteiger partial charge in [0.05, 0.1) is 26.4 Å². The summed E-state index contributed by atoms with van der Waals surface area (Å²) in [5.41, 5.74) is 0. The minimum Gasteiger partial charge on any atom is -0.469 e. The first-order valence-electron chi connectivity index (χ1n) is 15.3. The number of hydrogen-bond acceptors (Lipinski definition) is 9. The van der Waals surface area contributed by atoms with E-state index in [2.05, 4.69) is 37.2 Å². The predicted octanol–water partition coefficient (Wildman–Crippen LogP) is 7.67. The Morgan fingerprint density at radius 1 is 0.561 bits per heavy atom. The molecular formula is C32H72O9. The van der Waals surface area contributed by atoms with Crippen molar-refractivity contribution in [1.29, 1.82) is 0 Å². The second-order valence-corrected chi connectivity index (χ2v) is 8.91. The van der Waals surface area contributed by atoms with Crippen molar-refractivity contribution in [3.8, 4) is 0 Å². The zero-order valence-corrected chi connectivity index (χ0v) is 29.6. The maximum atomic E-state index is 10.3. The molecule has 0 aromatic rings. The van der Waals surface area contributed by atoms with Gasteiger partial charge >= 0.3 is 11.9 Å². The van der Waals surface area contributed by atoms with Crippen LogP contribution in [0.1, 0.15) is 119 Å². The van der Waals surface area contributed by atoms with E-state index in [0.29, 0.717) is 19.6 Å². The van der Waals surface area contributed by atoms with E-state index in [1.165, 1.54) is 46.1 Å². The number of carbonyl (C=O) groups excluding carboxylic acids is 2. The van der Waals surface area contributed by atoms with Crippen molar-refractivity contribution in [1.82, 2.24) is 0 Å². The van der Waals surface area contributed by atoms with Crippen LogP contribution in [0.5, 0.6) is 0 Å². The van der Waals surface area contributed by atoms with Gasteiger partial charge in [-0.3, -0.25) is 9.59 Å². The standard InChI is InChI=1S/2C6H12O2.2C5H12O2.C5H12O.C5H12/c1-3-4-5-6(7)8-2;1-3-4-5-8-6(2)7;1-5(7-3)4-6-2;1-6-4-3-5-7-2;1-3-4-5-6-2;1-3-5-4-2/h2*3-5H2,1-2H3;5H,4H2,1-3H3;3-5H2,1-2H3;3-5H2,1-2H3;3-5H2,1-2H3. The van der Waals surface area contributed by atoms with Crippen LogP contribution in [0.3, 0.4) is 0 Å². The van der Waals surface area contributed by atoms with Gasteiger partial charge in [-0.15, -0.1) is 0 Å². The third-order valence-corrected chi connectivity index (χ3v) is 4.68. The van der Waals surface area contributed by atoms with E-state index in [9.17, 15) is 9.59 Å². The molecule has 0 N–H and O–H groups in total. The van der Waals surface area contributed by atoms with Crippen molar-refractivity contribution in [2.75, 3.05) is 75.7 Å². The maximum absolute atomic E-state index is 10.3. The van der Waals surface area contributed by atoms with Crippen LogP contribution in [0.4, 0.5) is 0 Å². The first kappa shape index (κ1) is 52.4. The minimum atomic E-state index is -0.182. The Morgan fingerprint density at radius 2 is 0.976 bits per heavy atom. The summed E-state index contributed by atoms with van der Waals surface area (Å²) in [5.74, 6) is -0.287. The van der Waals surface area contributed by atoms with Gasteiger partial charge in [-0.2, -0.15) is 0 Å². The highest BCUT2D eigenvalue weighted by atomic mass is 16.5. The lowest BCUT2D eigenvalue weighted by Gasteiger charge is -2.05. The number of carbonyl (C=O) groups is 2. The Kier molecular flexibility index (Phi) is 74.6. The molecule has 0 spiro atoms. The summed E-state index contributed by atoms with van der Waals surface area (Å²) in [5, 5.41) is 0. The molecule has 9 heteroatoms. The van der Waals surface area contributed by atoms with Crippen LogP contribution in [0, 0.1) is 0 Å². The van der Waals surface area contributed by atoms with E-state index in [1.54, 1.807) is 35.5 Å². The normalized spacial score (nSPS) is 9.78. The van der Waals surface area contributed by atoms with Gasteiger partial charge in [0.1, 0.15) is 0 Å². The van der Waals surface area contributed by atoms with Crippen molar-refractivity contribution in [3.63, 3.8) is 0 Å². The number of unbranched alkanes of at least 4 members (excludes halogenated alkanes) is 5. The van der Waals surface area contributed by atoms with Gasteiger partial charge in [0.15, 0.2) is 0 Å². The van der Waals surface area contributed by atoms with E-state index in [-0.39, 0.29) is 18.0 Å². The molecule has 0 radical (unpaired) electrons. The fourth-order valence-corrected chi connectivity index (χ4v) is 2.08. The van der Waals surface area contributed by atoms with E-state index >= 15 is 0 Å². The third-order valence-electron chi connectivity index (χ3n) is 4.68. The summed E-state index contributed by atoms with van der Waals surface area (Å²) in [6, 6.07) is 0. The average Bonchev–Trinajstić information content (AvgIpc) is 2.97. The quantitative estimate of drug-likeness (QED) is 0.116. The summed E-state index contributed by atoms with van der Waals surface area (Å²) in [4.78, 5) is 20.4. The van der Waals surface area contributed by atoms with Crippen molar-refractivity contribution in [2.24, 2.45) is 0 Å². The molecule has 0 aromatic carbocycles. The van der Waals surface area contributed by atoms with Crippen LogP contribution < -0.4 is 0 Å². The van der Waals surface area contributed by atoms with Gasteiger partial charge in [0, 0.05) is 68.7 Å². The number of ether oxygens (including phenoxy) is 7. The Hall–Kier alpha value is -1.26. The smallest absolute Gasteiger partial charge is 0.305 e. The zero-order chi connectivity index (χ0) is 33.0. The van der Waals surface area contributed by atoms with Crippen LogP contribution in [0.15, 0.2) is 0 Å². The third kappa shape index (κ3) is 92.8. The average molecular weight is 601 g/mol. The fraction of sp³-hybridized carbons (Fsp3) is 0.938. The second-order valence-electron chi connectivity index (χ2n) is 8.91. The Bertz CT molecular complexity index is 412. The molecule has 0 fully saturated rings. The highest BCUT2D eigenvalue weighted by molar-refractivity contribution is 5.68. The van der Waals surface area contributed by atoms with E-state index in [0.717, 1.165) is 51.9 Å². The van der Waals surface area contributed by atoms with Gasteiger partial charge in [0.2, 0.25) is 0 Å². The molecule has 41 heavy (non-hydrogen) atoms. The molecule has 0 amide bonds. The molecule has 0 saturated carbocycles. The number of methoxy groups -OCH3 is 6. The summed E-state index contributed by atoms with van der Waals surface area (Å²) >= 11 is 0. The van der Waals surface area contributed by atoms with Gasteiger partial charge in [0.25, 0.3) is 0 Å². The monoisotopic (exact) mass is 601 g/mol. The first-order chi connectivity index (χ1) is 19.6. The Balaban J connectivity index is -0.0000000902. The lowest BCUT2D eigenvalue weighted by atomic mass is 10.3. The Labute approximate surface area is 255 Å². The first-order valence-corrected chi connectivity index (χ1v) is 15.3. The molecule has 0 aliphatic rings. The van der Waals surface area contributed by atoms with Crippen LogP contribution >= 0.6 is 0 Å². The van der Waals surface area contributed by atoms with Crippen LogP contribution in [0.2, 0.25) is 0 Å². The topological polar surface area (TPSA) is 98.8 Å². The maximum Gasteiger partial charge on any atom is 0.305 e. The molecule has 9 nitrogen and oxygen atoms in total. The van der Waals surface area contributed by atoms with Crippen molar-refractivity contribution in [3.05, 3.63) is 0 Å². The molecule has 1 atom stereocenters. The fourth-order valence-electron chi connectivity index (χ4n) is 2.08.